The van der Waals surface area contributed by atoms with E-state index in [1.807, 2.05) is 0 Å². The third kappa shape index (κ3) is 3.56. The zero-order chi connectivity index (χ0) is 10.6. The summed E-state index contributed by atoms with van der Waals surface area (Å²) in [6.07, 6.45) is 4.01. The van der Waals surface area contributed by atoms with E-state index in [0.29, 0.717) is 0 Å². The molecule has 1 fully saturated rings. The number of alkyl halides is 1. The molecule has 1 N–H and O–H groups in total. The fraction of sp³-hybridized carbons (Fsp3) is 0.875. The molecular weight excluding hydrogens is 268 g/mol. The first kappa shape index (κ1) is 12.0. The van der Waals surface area contributed by atoms with Gasteiger partial charge in [0, 0.05) is 10.9 Å². The summed E-state index contributed by atoms with van der Waals surface area (Å²) in [6.45, 7) is 0. The minimum absolute atomic E-state index is 0.0536. The van der Waals surface area contributed by atoms with Gasteiger partial charge in [-0.15, -0.1) is 0 Å². The molecular formula is C8H13BrN2O2S. The van der Waals surface area contributed by atoms with Gasteiger partial charge in [0.15, 0.2) is 5.75 Å². The molecule has 14 heavy (non-hydrogen) atoms. The van der Waals surface area contributed by atoms with Gasteiger partial charge in [-0.25, -0.2) is 13.1 Å². The zero-order valence-electron chi connectivity index (χ0n) is 7.74. The average molecular weight is 281 g/mol. The summed E-state index contributed by atoms with van der Waals surface area (Å²) in [5.74, 6) is -0.455. The highest BCUT2D eigenvalue weighted by atomic mass is 79.9. The molecule has 4 nitrogen and oxygen atoms in total. The van der Waals surface area contributed by atoms with Crippen LogP contribution in [-0.2, 0) is 10.0 Å². The molecule has 1 rings (SSSR count). The van der Waals surface area contributed by atoms with Gasteiger partial charge in [-0.1, -0.05) is 28.8 Å². The Balaban J connectivity index is 2.55. The second kappa shape index (κ2) is 5.10. The first-order valence-corrected chi connectivity index (χ1v) is 7.13. The van der Waals surface area contributed by atoms with Crippen molar-refractivity contribution in [3.63, 3.8) is 0 Å². The van der Waals surface area contributed by atoms with Crippen LogP contribution in [0.3, 0.4) is 0 Å². The third-order valence-electron chi connectivity index (χ3n) is 2.27. The molecule has 0 amide bonds. The van der Waals surface area contributed by atoms with E-state index in [4.69, 9.17) is 5.26 Å². The summed E-state index contributed by atoms with van der Waals surface area (Å²) in [5.41, 5.74) is 0. The summed E-state index contributed by atoms with van der Waals surface area (Å²) in [5, 5.41) is 8.32. The van der Waals surface area contributed by atoms with Crippen LogP contribution in [0.25, 0.3) is 0 Å². The first-order chi connectivity index (χ1) is 6.55. The van der Waals surface area contributed by atoms with E-state index in [1.54, 1.807) is 6.07 Å². The summed E-state index contributed by atoms with van der Waals surface area (Å²) >= 11 is 3.45. The van der Waals surface area contributed by atoms with Crippen molar-refractivity contribution in [3.05, 3.63) is 0 Å². The van der Waals surface area contributed by atoms with Crippen molar-refractivity contribution < 1.29 is 8.42 Å². The predicted octanol–water partition coefficient (Wildman–Crippen LogP) is 1.14. The SMILES string of the molecule is N#CCS(=O)(=O)NC1CCCCC1Br. The molecule has 0 aromatic heterocycles. The number of nitriles is 1. The number of nitrogens with zero attached hydrogens (tertiary/aromatic N) is 1. The molecule has 2 atom stereocenters. The van der Waals surface area contributed by atoms with Crippen LogP contribution < -0.4 is 4.72 Å². The molecule has 0 radical (unpaired) electrons. The molecule has 2 unspecified atom stereocenters. The highest BCUT2D eigenvalue weighted by molar-refractivity contribution is 9.09. The van der Waals surface area contributed by atoms with Crippen LogP contribution in [-0.4, -0.2) is 25.0 Å². The number of nitrogens with one attached hydrogen (secondary N) is 1. The van der Waals surface area contributed by atoms with Gasteiger partial charge in [0.1, 0.15) is 0 Å². The lowest BCUT2D eigenvalue weighted by Gasteiger charge is -2.27. The van der Waals surface area contributed by atoms with Gasteiger partial charge in [-0.05, 0) is 12.8 Å². The smallest absolute Gasteiger partial charge is 0.211 e. The van der Waals surface area contributed by atoms with Crippen molar-refractivity contribution in [2.24, 2.45) is 0 Å². The monoisotopic (exact) mass is 280 g/mol. The van der Waals surface area contributed by atoms with Crippen LogP contribution in [0.2, 0.25) is 0 Å². The molecule has 6 heteroatoms. The number of rotatable bonds is 3. The number of hydrogen-bond acceptors (Lipinski definition) is 3. The van der Waals surface area contributed by atoms with Gasteiger partial charge in [-0.3, -0.25) is 0 Å². The molecule has 0 bridgehead atoms. The Hall–Kier alpha value is -0.120. The van der Waals surface area contributed by atoms with E-state index < -0.39 is 15.8 Å². The minimum Gasteiger partial charge on any atom is -0.211 e. The average Bonchev–Trinajstić information content (AvgIpc) is 2.08. The predicted molar refractivity (Wildman–Crippen MR) is 57.5 cm³/mol. The van der Waals surface area contributed by atoms with Gasteiger partial charge in [-0.2, -0.15) is 5.26 Å². The second-order valence-corrected chi connectivity index (χ2v) is 6.37. The Labute approximate surface area is 92.9 Å². The van der Waals surface area contributed by atoms with Crippen molar-refractivity contribution in [3.8, 4) is 6.07 Å². The van der Waals surface area contributed by atoms with Gasteiger partial charge < -0.3 is 0 Å². The van der Waals surface area contributed by atoms with Gasteiger partial charge in [0.25, 0.3) is 0 Å². The van der Waals surface area contributed by atoms with Crippen LogP contribution in [0.5, 0.6) is 0 Å². The maximum atomic E-state index is 11.3. The molecule has 0 saturated heterocycles. The van der Waals surface area contributed by atoms with Gasteiger partial charge >= 0.3 is 0 Å². The lowest BCUT2D eigenvalue weighted by molar-refractivity contribution is 0.428. The van der Waals surface area contributed by atoms with Crippen molar-refractivity contribution in [2.75, 3.05) is 5.75 Å². The molecule has 0 aliphatic heterocycles. The van der Waals surface area contributed by atoms with E-state index >= 15 is 0 Å². The largest absolute Gasteiger partial charge is 0.225 e. The van der Waals surface area contributed by atoms with Crippen molar-refractivity contribution in [1.29, 1.82) is 5.26 Å². The zero-order valence-corrected chi connectivity index (χ0v) is 10.1. The third-order valence-corrected chi connectivity index (χ3v) is 4.53. The van der Waals surface area contributed by atoms with E-state index in [0.717, 1.165) is 25.7 Å². The van der Waals surface area contributed by atoms with Crippen LogP contribution in [0.15, 0.2) is 0 Å². The highest BCUT2D eigenvalue weighted by Gasteiger charge is 2.26. The van der Waals surface area contributed by atoms with Gasteiger partial charge in [0.05, 0.1) is 6.07 Å². The molecule has 1 saturated carbocycles. The fourth-order valence-corrected chi connectivity index (χ4v) is 3.47. The van der Waals surface area contributed by atoms with Crippen molar-refractivity contribution in [2.45, 2.75) is 36.6 Å². The maximum Gasteiger partial charge on any atom is 0.225 e. The number of halogens is 1. The van der Waals surface area contributed by atoms with Crippen molar-refractivity contribution >= 4 is 26.0 Å². The lowest BCUT2D eigenvalue weighted by Crippen LogP contribution is -2.43. The van der Waals surface area contributed by atoms with E-state index in [9.17, 15) is 8.42 Å². The molecule has 80 valence electrons. The molecule has 0 spiro atoms. The Morgan fingerprint density at radius 3 is 2.64 bits per heavy atom. The minimum atomic E-state index is -3.41. The second-order valence-electron chi connectivity index (χ2n) is 3.44. The first-order valence-electron chi connectivity index (χ1n) is 4.56. The van der Waals surface area contributed by atoms with Crippen LogP contribution in [0.4, 0.5) is 0 Å². The number of hydrogen-bond donors (Lipinski definition) is 1. The van der Waals surface area contributed by atoms with E-state index in [2.05, 4.69) is 20.7 Å². The van der Waals surface area contributed by atoms with Gasteiger partial charge in [0.2, 0.25) is 10.0 Å². The summed E-state index contributed by atoms with van der Waals surface area (Å²) in [6, 6.07) is 1.59. The summed E-state index contributed by atoms with van der Waals surface area (Å²) < 4.78 is 25.1. The molecule has 1 aliphatic rings. The lowest BCUT2D eigenvalue weighted by atomic mass is 9.96. The number of sulfonamides is 1. The summed E-state index contributed by atoms with van der Waals surface area (Å²) in [7, 11) is -3.41. The topological polar surface area (TPSA) is 70.0 Å². The molecule has 0 aromatic rings. The van der Waals surface area contributed by atoms with E-state index in [-0.39, 0.29) is 10.9 Å². The maximum absolute atomic E-state index is 11.3. The van der Waals surface area contributed by atoms with E-state index in [1.165, 1.54) is 0 Å². The standard InChI is InChI=1S/C8H13BrN2O2S/c9-7-3-1-2-4-8(7)11-14(12,13)6-5-10/h7-8,11H,1-4,6H2. The Morgan fingerprint density at radius 1 is 1.43 bits per heavy atom. The van der Waals surface area contributed by atoms with Crippen LogP contribution >= 0.6 is 15.9 Å². The molecule has 0 aromatic carbocycles. The Kier molecular flexibility index (Phi) is 4.35. The van der Waals surface area contributed by atoms with Crippen LogP contribution in [0.1, 0.15) is 25.7 Å². The highest BCUT2D eigenvalue weighted by Crippen LogP contribution is 2.24. The van der Waals surface area contributed by atoms with Crippen LogP contribution in [0, 0.1) is 11.3 Å². The molecule has 0 heterocycles. The normalized spacial score (nSPS) is 28.3. The van der Waals surface area contributed by atoms with Crippen molar-refractivity contribution in [1.82, 2.24) is 4.72 Å². The Bertz CT molecular complexity index is 323. The summed E-state index contributed by atoms with van der Waals surface area (Å²) in [4.78, 5) is 0.199. The fourth-order valence-electron chi connectivity index (χ4n) is 1.58. The Morgan fingerprint density at radius 2 is 2.07 bits per heavy atom. The quantitative estimate of drug-likeness (QED) is 0.788. The molecule has 1 aliphatic carbocycles.